The van der Waals surface area contributed by atoms with Gasteiger partial charge in [-0.2, -0.15) is 0 Å². The summed E-state index contributed by atoms with van der Waals surface area (Å²) < 4.78 is 5.50. The largest absolute Gasteiger partial charge is 0.508 e. The molecule has 0 saturated heterocycles. The van der Waals surface area contributed by atoms with E-state index in [-0.39, 0.29) is 11.7 Å². The standard InChI is InChI=1S/C14H14BrNO3/c1-3-16(12-8-10(17)5-4-9(12)2)14(18)11-6-7-19-13(11)15/h4-8,17H,3H2,1-2H3. The molecular formula is C14H14BrNO3. The second-order valence-corrected chi connectivity index (χ2v) is 4.85. The molecule has 0 spiro atoms. The lowest BCUT2D eigenvalue weighted by Crippen LogP contribution is -2.31. The summed E-state index contributed by atoms with van der Waals surface area (Å²) in [6.45, 7) is 4.28. The molecule has 1 amide bonds. The van der Waals surface area contributed by atoms with Gasteiger partial charge in [0.25, 0.3) is 5.91 Å². The van der Waals surface area contributed by atoms with Gasteiger partial charge in [0.1, 0.15) is 5.75 Å². The summed E-state index contributed by atoms with van der Waals surface area (Å²) in [7, 11) is 0. The molecule has 0 bridgehead atoms. The average molecular weight is 324 g/mol. The number of furan rings is 1. The number of nitrogens with zero attached hydrogens (tertiary/aromatic N) is 1. The maximum Gasteiger partial charge on any atom is 0.262 e. The first-order valence-electron chi connectivity index (χ1n) is 5.89. The van der Waals surface area contributed by atoms with Crippen molar-refractivity contribution in [2.75, 3.05) is 11.4 Å². The zero-order valence-corrected chi connectivity index (χ0v) is 12.3. The maximum atomic E-state index is 12.5. The highest BCUT2D eigenvalue weighted by Gasteiger charge is 2.21. The van der Waals surface area contributed by atoms with Crippen LogP contribution in [0.4, 0.5) is 5.69 Å². The average Bonchev–Trinajstić information content (AvgIpc) is 2.80. The third-order valence-electron chi connectivity index (χ3n) is 2.89. The van der Waals surface area contributed by atoms with Gasteiger partial charge in [-0.15, -0.1) is 0 Å². The topological polar surface area (TPSA) is 53.7 Å². The molecule has 19 heavy (non-hydrogen) atoms. The van der Waals surface area contributed by atoms with Crippen LogP contribution in [0.25, 0.3) is 0 Å². The summed E-state index contributed by atoms with van der Waals surface area (Å²) >= 11 is 3.21. The third kappa shape index (κ3) is 2.66. The fraction of sp³-hybridized carbons (Fsp3) is 0.214. The number of hydrogen-bond acceptors (Lipinski definition) is 3. The molecule has 0 fully saturated rings. The predicted molar refractivity (Wildman–Crippen MR) is 76.6 cm³/mol. The molecule has 1 N–H and O–H groups in total. The van der Waals surface area contributed by atoms with Gasteiger partial charge < -0.3 is 14.4 Å². The summed E-state index contributed by atoms with van der Waals surface area (Å²) in [5.74, 6) is -0.0325. The van der Waals surface area contributed by atoms with Crippen LogP contribution < -0.4 is 4.90 Å². The van der Waals surface area contributed by atoms with Crippen LogP contribution in [-0.4, -0.2) is 17.6 Å². The molecule has 0 aliphatic carbocycles. The van der Waals surface area contributed by atoms with Crippen molar-refractivity contribution >= 4 is 27.5 Å². The Balaban J connectivity index is 2.43. The number of anilines is 1. The van der Waals surface area contributed by atoms with Crippen molar-refractivity contribution in [3.63, 3.8) is 0 Å². The van der Waals surface area contributed by atoms with Crippen LogP contribution in [0.3, 0.4) is 0 Å². The lowest BCUT2D eigenvalue weighted by molar-refractivity contribution is 0.0986. The fourth-order valence-corrected chi connectivity index (χ4v) is 2.31. The number of carbonyl (C=O) groups is 1. The number of rotatable bonds is 3. The number of phenolic OH excluding ortho intramolecular Hbond substituents is 1. The van der Waals surface area contributed by atoms with Crippen molar-refractivity contribution in [3.05, 3.63) is 46.3 Å². The smallest absolute Gasteiger partial charge is 0.262 e. The number of benzene rings is 1. The second kappa shape index (κ2) is 5.48. The fourth-order valence-electron chi connectivity index (χ4n) is 1.90. The van der Waals surface area contributed by atoms with Gasteiger partial charge in [-0.1, -0.05) is 6.07 Å². The van der Waals surface area contributed by atoms with Crippen LogP contribution in [0, 0.1) is 6.92 Å². The summed E-state index contributed by atoms with van der Waals surface area (Å²) in [6.07, 6.45) is 1.46. The summed E-state index contributed by atoms with van der Waals surface area (Å²) in [5, 5.41) is 9.58. The van der Waals surface area contributed by atoms with Gasteiger partial charge >= 0.3 is 0 Å². The van der Waals surface area contributed by atoms with E-state index in [0.717, 1.165) is 5.56 Å². The molecule has 0 radical (unpaired) electrons. The Kier molecular flexibility index (Phi) is 3.95. The molecule has 0 aliphatic heterocycles. The molecule has 5 heteroatoms. The van der Waals surface area contributed by atoms with Gasteiger partial charge in [-0.05, 0) is 47.5 Å². The highest BCUT2D eigenvalue weighted by atomic mass is 79.9. The molecule has 4 nitrogen and oxygen atoms in total. The number of phenols is 1. The van der Waals surface area contributed by atoms with Crippen LogP contribution in [0.15, 0.2) is 39.6 Å². The summed E-state index contributed by atoms with van der Waals surface area (Å²) in [6, 6.07) is 6.59. The molecule has 0 atom stereocenters. The van der Waals surface area contributed by atoms with Crippen molar-refractivity contribution in [1.29, 1.82) is 0 Å². The second-order valence-electron chi connectivity index (χ2n) is 4.13. The number of aromatic hydroxyl groups is 1. The SMILES string of the molecule is CCN(C(=O)c1ccoc1Br)c1cc(O)ccc1C. The minimum atomic E-state index is -0.170. The van der Waals surface area contributed by atoms with Crippen LogP contribution in [0.5, 0.6) is 5.75 Å². The van der Waals surface area contributed by atoms with Gasteiger partial charge in [0, 0.05) is 12.6 Å². The van der Waals surface area contributed by atoms with Gasteiger partial charge in [-0.25, -0.2) is 0 Å². The Morgan fingerprint density at radius 2 is 2.16 bits per heavy atom. The molecular weight excluding hydrogens is 310 g/mol. The van der Waals surface area contributed by atoms with Gasteiger partial charge in [0.15, 0.2) is 4.67 Å². The molecule has 0 saturated carbocycles. The quantitative estimate of drug-likeness (QED) is 0.936. The molecule has 0 unspecified atom stereocenters. The lowest BCUT2D eigenvalue weighted by Gasteiger charge is -2.22. The van der Waals surface area contributed by atoms with Crippen LogP contribution in [0.1, 0.15) is 22.8 Å². The van der Waals surface area contributed by atoms with Crippen LogP contribution in [-0.2, 0) is 0 Å². The Bertz CT molecular complexity index is 606. The normalized spacial score (nSPS) is 10.5. The number of amides is 1. The Morgan fingerprint density at radius 1 is 1.42 bits per heavy atom. The van der Waals surface area contributed by atoms with Gasteiger partial charge in [0.2, 0.25) is 0 Å². The summed E-state index contributed by atoms with van der Waals surface area (Å²) in [4.78, 5) is 14.1. The highest BCUT2D eigenvalue weighted by Crippen LogP contribution is 2.28. The van der Waals surface area contributed by atoms with E-state index in [1.807, 2.05) is 13.8 Å². The molecule has 1 aromatic heterocycles. The van der Waals surface area contributed by atoms with E-state index in [1.165, 1.54) is 6.26 Å². The van der Waals surface area contributed by atoms with Crippen molar-refractivity contribution < 1.29 is 14.3 Å². The van der Waals surface area contributed by atoms with E-state index in [0.29, 0.717) is 22.5 Å². The highest BCUT2D eigenvalue weighted by molar-refractivity contribution is 9.10. The molecule has 1 heterocycles. The minimum Gasteiger partial charge on any atom is -0.508 e. The van der Waals surface area contributed by atoms with Crippen LogP contribution >= 0.6 is 15.9 Å². The predicted octanol–water partition coefficient (Wildman–Crippen LogP) is 3.72. The van der Waals surface area contributed by atoms with E-state index in [2.05, 4.69) is 15.9 Å². The summed E-state index contributed by atoms with van der Waals surface area (Å²) in [5.41, 5.74) is 2.08. The first kappa shape index (κ1) is 13.7. The Morgan fingerprint density at radius 3 is 2.74 bits per heavy atom. The van der Waals surface area contributed by atoms with Crippen molar-refractivity contribution in [2.24, 2.45) is 0 Å². The van der Waals surface area contributed by atoms with E-state index in [1.54, 1.807) is 29.2 Å². The number of hydrogen-bond donors (Lipinski definition) is 1. The Hall–Kier alpha value is -1.75. The van der Waals surface area contributed by atoms with Gasteiger partial charge in [0.05, 0.1) is 17.5 Å². The maximum absolute atomic E-state index is 12.5. The molecule has 100 valence electrons. The van der Waals surface area contributed by atoms with E-state index >= 15 is 0 Å². The van der Waals surface area contributed by atoms with Gasteiger partial charge in [-0.3, -0.25) is 4.79 Å². The monoisotopic (exact) mass is 323 g/mol. The van der Waals surface area contributed by atoms with Crippen molar-refractivity contribution in [3.8, 4) is 5.75 Å². The Labute approximate surface area is 119 Å². The number of carbonyl (C=O) groups excluding carboxylic acids is 1. The first-order chi connectivity index (χ1) is 9.04. The van der Waals surface area contributed by atoms with E-state index < -0.39 is 0 Å². The van der Waals surface area contributed by atoms with E-state index in [9.17, 15) is 9.90 Å². The zero-order chi connectivity index (χ0) is 14.0. The molecule has 2 aromatic rings. The third-order valence-corrected chi connectivity index (χ3v) is 3.51. The lowest BCUT2D eigenvalue weighted by atomic mass is 10.1. The van der Waals surface area contributed by atoms with E-state index in [4.69, 9.17) is 4.42 Å². The molecule has 1 aromatic carbocycles. The van der Waals surface area contributed by atoms with Crippen molar-refractivity contribution in [1.82, 2.24) is 0 Å². The number of halogens is 1. The first-order valence-corrected chi connectivity index (χ1v) is 6.68. The zero-order valence-electron chi connectivity index (χ0n) is 10.7. The number of aryl methyl sites for hydroxylation is 1. The molecule has 2 rings (SSSR count). The van der Waals surface area contributed by atoms with Crippen LogP contribution in [0.2, 0.25) is 0 Å². The minimum absolute atomic E-state index is 0.137. The molecule has 0 aliphatic rings. The van der Waals surface area contributed by atoms with Crippen molar-refractivity contribution in [2.45, 2.75) is 13.8 Å².